The zero-order valence-corrected chi connectivity index (χ0v) is 66.5. The van der Waals surface area contributed by atoms with Gasteiger partial charge in [-0.3, -0.25) is 33.8 Å². The van der Waals surface area contributed by atoms with Crippen LogP contribution in [0.3, 0.4) is 0 Å². The van der Waals surface area contributed by atoms with E-state index in [1.54, 1.807) is 79.0 Å². The molecular formula is C96H79N3O18S2. The number of aromatic carboxylic acids is 6. The fraction of sp³-hybridized carbons (Fsp3) is 0.115. The Balaban J connectivity index is 0.000000178. The number of Topliss-reactive ketones (excluding diaryl/α,β-unsaturated/α-hetero) is 6. The lowest BCUT2D eigenvalue weighted by atomic mass is 9.96. The number of rotatable bonds is 26. The number of pyridine rings is 1. The molecule has 0 unspecified atom stereocenters. The zero-order valence-electron chi connectivity index (χ0n) is 64.8. The molecule has 0 fully saturated rings. The summed E-state index contributed by atoms with van der Waals surface area (Å²) < 4.78 is 0. The minimum absolute atomic E-state index is 0.0327. The molecule has 6 N–H and O–H groups in total. The number of carboxylic acids is 6. The summed E-state index contributed by atoms with van der Waals surface area (Å²) in [7, 11) is 0. The molecule has 21 nitrogen and oxygen atoms in total. The number of hydrogen-bond acceptors (Lipinski definition) is 16. The van der Waals surface area contributed by atoms with Crippen LogP contribution in [0.4, 0.5) is 5.69 Å². The molecule has 10 aromatic carbocycles. The number of ketones is 6. The number of aromatic nitrogens is 2. The fourth-order valence-corrected chi connectivity index (χ4v) is 13.4. The molecule has 0 atom stereocenters. The van der Waals surface area contributed by atoms with Crippen molar-refractivity contribution < 1.29 is 88.2 Å². The van der Waals surface area contributed by atoms with E-state index in [2.05, 4.69) is 21.7 Å². The average molecular weight is 1630 g/mol. The highest BCUT2D eigenvalue weighted by Gasteiger charge is 2.23. The van der Waals surface area contributed by atoms with Crippen LogP contribution in [0.15, 0.2) is 285 Å². The molecule has 0 saturated heterocycles. The highest BCUT2D eigenvalue weighted by atomic mass is 32.1. The first-order valence-electron chi connectivity index (χ1n) is 36.8. The largest absolute Gasteiger partial charge is 0.478 e. The lowest BCUT2D eigenvalue weighted by molar-refractivity contribution is 0.0682. The molecule has 0 aliphatic carbocycles. The van der Waals surface area contributed by atoms with Crippen molar-refractivity contribution >= 4 is 98.9 Å². The van der Waals surface area contributed by atoms with Crippen LogP contribution in [-0.2, 0) is 44.9 Å². The van der Waals surface area contributed by atoms with Crippen molar-refractivity contribution in [1.82, 2.24) is 9.97 Å². The number of aryl methyl sites for hydroxylation is 4. The molecule has 0 aliphatic heterocycles. The first-order chi connectivity index (χ1) is 57.1. The molecular weight excluding hydrogens is 1550 g/mol. The van der Waals surface area contributed by atoms with Gasteiger partial charge in [-0.2, -0.15) is 0 Å². The summed E-state index contributed by atoms with van der Waals surface area (Å²) in [5, 5.41) is 57.3. The molecule has 3 aromatic heterocycles. The van der Waals surface area contributed by atoms with Gasteiger partial charge in [-0.05, 0) is 108 Å². The van der Waals surface area contributed by atoms with E-state index >= 15 is 0 Å². The van der Waals surface area contributed by atoms with Crippen molar-refractivity contribution in [3.8, 4) is 10.6 Å². The first-order valence-corrected chi connectivity index (χ1v) is 38.5. The van der Waals surface area contributed by atoms with Gasteiger partial charge in [-0.25, -0.2) is 38.6 Å². The zero-order chi connectivity index (χ0) is 86.1. The maximum atomic E-state index is 12.4. The third-order valence-corrected chi connectivity index (χ3v) is 19.9. The second kappa shape index (κ2) is 44.6. The van der Waals surface area contributed by atoms with Crippen LogP contribution in [0.5, 0.6) is 0 Å². The Labute approximate surface area is 693 Å². The molecule has 3 heterocycles. The molecule has 0 radical (unpaired) electrons. The van der Waals surface area contributed by atoms with E-state index in [4.69, 9.17) is 32.1 Å². The molecule has 13 rings (SSSR count). The molecule has 0 bridgehead atoms. The summed E-state index contributed by atoms with van der Waals surface area (Å²) >= 11 is 2.94. The maximum absolute atomic E-state index is 12.4. The summed E-state index contributed by atoms with van der Waals surface area (Å²) in [6.07, 6.45) is 6.35. The smallest absolute Gasteiger partial charge is 0.338 e. The van der Waals surface area contributed by atoms with Gasteiger partial charge in [0, 0.05) is 106 Å². The summed E-state index contributed by atoms with van der Waals surface area (Å²) in [6.45, 7) is 14.9. The van der Waals surface area contributed by atoms with Crippen molar-refractivity contribution in [2.24, 2.45) is 0 Å². The molecule has 13 aromatic rings. The van der Waals surface area contributed by atoms with Gasteiger partial charge < -0.3 is 30.6 Å². The number of nitrogens with zero attached hydrogens (tertiary/aromatic N) is 3. The molecule has 0 spiro atoms. The summed E-state index contributed by atoms with van der Waals surface area (Å²) in [5.74, 6) is -7.86. The van der Waals surface area contributed by atoms with Crippen LogP contribution in [0.2, 0.25) is 0 Å². The standard InChI is InChI=1S/C18H13NO3S.C17H13NO3.C17H16O3.C16H14O3.C15H13NO3.C13H10O3S/c20-16(14-8-4-5-9-15(14)18(21)22)10-13-11-19-17(23-13)12-6-2-1-3-7-12;1-11-3-5-12(6-4-11)9-16(19)15-10-13(18-2)7-8-14(15)17(20)21;1-2-12-6-5-7-13(10-12)11-16(18)14-8-3-4-9-15(14)17(19)20;1-11-6-2-3-7-12(11)10-15(17)13-8-4-5-9-14(13)16(18)19;1-10-2-4-11(5-3-10)8-14(17)12-6-7-16-9-13(12)15(18)19;14-12(8-9-4-3-7-17-9)10-5-1-2-6-11(10)13(15)16/h1-9,11H,10H2,(H,21,22);3-8,10H,9H2,1H3,(H,20,21);3-10H,2,11H2,1H3,(H,19,20);2-9H,10H2,1H3,(H,18,19);2-7,9H,8H2,1H3,(H,18,19);1-7H,8H2,(H,15,16). The highest BCUT2D eigenvalue weighted by molar-refractivity contribution is 7.15. The second-order valence-electron chi connectivity index (χ2n) is 26.5. The van der Waals surface area contributed by atoms with E-state index in [1.165, 1.54) is 89.2 Å². The predicted octanol–water partition coefficient (Wildman–Crippen LogP) is 19.5. The van der Waals surface area contributed by atoms with E-state index < -0.39 is 35.8 Å². The Morgan fingerprint density at radius 2 is 0.731 bits per heavy atom. The Kier molecular flexibility index (Phi) is 33.6. The molecule has 119 heavy (non-hydrogen) atoms. The quantitative estimate of drug-likeness (QED) is 0.0217. The van der Waals surface area contributed by atoms with Crippen molar-refractivity contribution in [2.75, 3.05) is 0 Å². The van der Waals surface area contributed by atoms with Gasteiger partial charge in [0.2, 0.25) is 0 Å². The third kappa shape index (κ3) is 26.8. The Morgan fingerprint density at radius 3 is 1.18 bits per heavy atom. The molecule has 23 heteroatoms. The number of hydrogen-bond donors (Lipinski definition) is 6. The van der Waals surface area contributed by atoms with Crippen molar-refractivity contribution in [3.05, 3.63) is 417 Å². The summed E-state index contributed by atoms with van der Waals surface area (Å²) in [6, 6.07) is 74.6. The number of carbonyl (C=O) groups excluding carboxylic acids is 6. The van der Waals surface area contributed by atoms with Gasteiger partial charge in [-0.1, -0.05) is 236 Å². The third-order valence-electron chi connectivity index (χ3n) is 18.0. The van der Waals surface area contributed by atoms with Crippen LogP contribution in [0.1, 0.15) is 185 Å². The number of thiazole rings is 1. The topological polar surface area (TPSA) is 356 Å². The van der Waals surface area contributed by atoms with Gasteiger partial charge in [0.1, 0.15) is 5.01 Å². The van der Waals surface area contributed by atoms with E-state index in [1.807, 2.05) is 166 Å². The minimum Gasteiger partial charge on any atom is -0.478 e. The fourth-order valence-electron chi connectivity index (χ4n) is 11.8. The Morgan fingerprint density at radius 1 is 0.336 bits per heavy atom. The Bertz CT molecular complexity index is 5890. The van der Waals surface area contributed by atoms with E-state index in [0.717, 1.165) is 65.7 Å². The highest BCUT2D eigenvalue weighted by Crippen LogP contribution is 2.28. The van der Waals surface area contributed by atoms with Crippen molar-refractivity contribution in [3.63, 3.8) is 0 Å². The number of carboxylic acid groups (broad SMARTS) is 6. The van der Waals surface area contributed by atoms with Crippen LogP contribution in [0, 0.1) is 27.3 Å². The van der Waals surface area contributed by atoms with Crippen LogP contribution in [-0.4, -0.2) is 111 Å². The van der Waals surface area contributed by atoms with E-state index in [0.29, 0.717) is 0 Å². The van der Waals surface area contributed by atoms with Crippen LogP contribution < -0.4 is 0 Å². The Hall–Kier alpha value is -15.0. The second-order valence-corrected chi connectivity index (χ2v) is 28.7. The summed E-state index contributed by atoms with van der Waals surface area (Å²) in [5.41, 5.74) is 10.6. The first kappa shape index (κ1) is 89.6. The average Bonchev–Trinajstić information content (AvgIpc) is 0.935. The van der Waals surface area contributed by atoms with Crippen LogP contribution in [0.25, 0.3) is 15.4 Å². The van der Waals surface area contributed by atoms with E-state index in [-0.39, 0.29) is 146 Å². The lowest BCUT2D eigenvalue weighted by Gasteiger charge is -2.07. The SMILES string of the molecule is CCc1cccc(CC(=O)c2ccccc2C(=O)O)c1.Cc1ccc(CC(=O)c2ccncc2C(=O)O)cc1.Cc1ccccc1CC(=O)c1ccccc1C(=O)O.O=C(O)c1ccccc1C(=O)Cc1cccs1.O=C(O)c1ccccc1C(=O)Cc1cnc(-c2ccccc2)s1.[C-]#[N+]c1ccc(C(=O)O)c(C(=O)Cc2ccc(C)cc2)c1. The molecule has 598 valence electrons. The van der Waals surface area contributed by atoms with Gasteiger partial charge in [0.05, 0.1) is 40.0 Å². The lowest BCUT2D eigenvalue weighted by Crippen LogP contribution is -2.11. The predicted molar refractivity (Wildman–Crippen MR) is 454 cm³/mol. The van der Waals surface area contributed by atoms with Gasteiger partial charge in [0.15, 0.2) is 40.4 Å². The van der Waals surface area contributed by atoms with Crippen molar-refractivity contribution in [2.45, 2.75) is 72.6 Å². The molecule has 0 saturated carbocycles. The normalized spacial score (nSPS) is 10.2. The number of thiophene rings is 1. The monoisotopic (exact) mass is 1630 g/mol. The van der Waals surface area contributed by atoms with Crippen LogP contribution >= 0.6 is 22.7 Å². The van der Waals surface area contributed by atoms with E-state index in [9.17, 15) is 62.6 Å². The minimum atomic E-state index is -1.17. The van der Waals surface area contributed by atoms with Gasteiger partial charge >= 0.3 is 35.8 Å². The van der Waals surface area contributed by atoms with Crippen molar-refractivity contribution in [1.29, 1.82) is 0 Å². The maximum Gasteiger partial charge on any atom is 0.338 e. The molecule has 0 aliphatic rings. The number of carbonyl (C=O) groups is 12. The van der Waals surface area contributed by atoms with Gasteiger partial charge in [0.25, 0.3) is 0 Å². The number of benzene rings is 10. The molecule has 0 amide bonds. The van der Waals surface area contributed by atoms with Gasteiger partial charge in [-0.15, -0.1) is 22.7 Å². The summed E-state index contributed by atoms with van der Waals surface area (Å²) in [4.78, 5) is 153.